The minimum absolute atomic E-state index is 0.156. The first kappa shape index (κ1) is 22.4. The predicted octanol–water partition coefficient (Wildman–Crippen LogP) is 3.97. The molecule has 1 aromatic heterocycles. The average molecular weight is 536 g/mol. The number of carbonyl (C=O) groups excluding carboxylic acids is 3. The van der Waals surface area contributed by atoms with E-state index < -0.39 is 23.6 Å². The molecule has 0 radical (unpaired) electrons. The van der Waals surface area contributed by atoms with Crippen molar-refractivity contribution in [3.05, 3.63) is 66.8 Å². The van der Waals surface area contributed by atoms with Gasteiger partial charge in [-0.1, -0.05) is 17.7 Å². The van der Waals surface area contributed by atoms with Crippen LogP contribution in [-0.2, 0) is 23.7 Å². The number of benzene rings is 2. The summed E-state index contributed by atoms with van der Waals surface area (Å²) in [6, 6.07) is 10.2. The maximum Gasteiger partial charge on any atom is 0.328 e. The number of imidazole rings is 1. The summed E-state index contributed by atoms with van der Waals surface area (Å²) in [5, 5.41) is 2.61. The first-order valence-electron chi connectivity index (χ1n) is 9.31. The Hall–Kier alpha value is -2.82. The van der Waals surface area contributed by atoms with Crippen molar-refractivity contribution < 1.29 is 14.4 Å². The lowest BCUT2D eigenvalue weighted by Crippen LogP contribution is -2.36. The molecule has 0 spiro atoms. The van der Waals surface area contributed by atoms with E-state index in [4.69, 9.17) is 11.6 Å². The van der Waals surface area contributed by atoms with Crippen LogP contribution in [0.15, 0.2) is 50.6 Å². The van der Waals surface area contributed by atoms with E-state index in [0.29, 0.717) is 26.3 Å². The molecule has 0 atom stereocenters. The van der Waals surface area contributed by atoms with Gasteiger partial charge in [0, 0.05) is 24.3 Å². The van der Waals surface area contributed by atoms with Crippen molar-refractivity contribution in [1.29, 1.82) is 0 Å². The molecule has 2 aromatic carbocycles. The van der Waals surface area contributed by atoms with Crippen molar-refractivity contribution in [3.8, 4) is 0 Å². The Kier molecular flexibility index (Phi) is 6.02. The van der Waals surface area contributed by atoms with Crippen molar-refractivity contribution in [3.63, 3.8) is 0 Å². The topological polar surface area (TPSA) is 93.4 Å². The molecule has 11 heteroatoms. The van der Waals surface area contributed by atoms with Crippen molar-refractivity contribution in [2.24, 2.45) is 14.1 Å². The van der Waals surface area contributed by atoms with E-state index in [0.717, 1.165) is 22.2 Å². The van der Waals surface area contributed by atoms with Crippen LogP contribution in [0.1, 0.15) is 5.56 Å². The maximum absolute atomic E-state index is 12.7. The molecule has 1 fully saturated rings. The Morgan fingerprint density at radius 1 is 1.09 bits per heavy atom. The summed E-state index contributed by atoms with van der Waals surface area (Å²) in [5.74, 6) is -1.06. The van der Waals surface area contributed by atoms with E-state index in [-0.39, 0.29) is 10.6 Å². The smallest absolute Gasteiger partial charge is 0.324 e. The predicted molar refractivity (Wildman–Crippen MR) is 129 cm³/mol. The first-order valence-corrected chi connectivity index (χ1v) is 11.3. The summed E-state index contributed by atoms with van der Waals surface area (Å²) in [5.41, 5.74) is 2.46. The molecule has 2 heterocycles. The number of aryl methyl sites for hydroxylation is 2. The molecular weight excluding hydrogens is 520 g/mol. The fourth-order valence-electron chi connectivity index (χ4n) is 3.32. The Bertz CT molecular complexity index is 1390. The number of aromatic nitrogens is 2. The fourth-order valence-corrected chi connectivity index (χ4v) is 4.65. The standard InChI is InChI=1S/C21H16BrClN4O4S/c1-25-15-6-3-11(7-16(15)26(2)20(25)30)8-17-19(29)27(21(31)32-17)10-18(28)24-12-4-5-14(23)13(22)9-12/h3-9H,10H2,1-2H3,(H,24,28)/b17-8+. The van der Waals surface area contributed by atoms with Crippen LogP contribution in [0, 0.1) is 0 Å². The van der Waals surface area contributed by atoms with Crippen molar-refractivity contribution in [2.45, 2.75) is 0 Å². The van der Waals surface area contributed by atoms with E-state index in [9.17, 15) is 19.2 Å². The Morgan fingerprint density at radius 3 is 2.53 bits per heavy atom. The molecule has 0 saturated carbocycles. The third kappa shape index (κ3) is 4.13. The Balaban J connectivity index is 1.52. The lowest BCUT2D eigenvalue weighted by molar-refractivity contribution is -0.127. The molecule has 3 amide bonds. The van der Waals surface area contributed by atoms with Gasteiger partial charge in [-0.05, 0) is 69.7 Å². The summed E-state index contributed by atoms with van der Waals surface area (Å²) < 4.78 is 3.65. The van der Waals surface area contributed by atoms with E-state index in [1.54, 1.807) is 56.6 Å². The van der Waals surface area contributed by atoms with Gasteiger partial charge in [0.1, 0.15) is 6.54 Å². The molecule has 3 aromatic rings. The Labute approximate surface area is 199 Å². The van der Waals surface area contributed by atoms with Crippen molar-refractivity contribution in [2.75, 3.05) is 11.9 Å². The van der Waals surface area contributed by atoms with Gasteiger partial charge in [0.2, 0.25) is 5.91 Å². The number of imide groups is 1. The van der Waals surface area contributed by atoms with E-state index >= 15 is 0 Å². The highest BCUT2D eigenvalue weighted by Gasteiger charge is 2.36. The van der Waals surface area contributed by atoms with Gasteiger partial charge < -0.3 is 5.32 Å². The van der Waals surface area contributed by atoms with Crippen LogP contribution in [0.2, 0.25) is 5.02 Å². The number of thioether (sulfide) groups is 1. The lowest BCUT2D eigenvalue weighted by Gasteiger charge is -2.12. The lowest BCUT2D eigenvalue weighted by atomic mass is 10.2. The van der Waals surface area contributed by atoms with Gasteiger partial charge in [-0.25, -0.2) is 4.79 Å². The van der Waals surface area contributed by atoms with Crippen LogP contribution in [0.5, 0.6) is 0 Å². The molecule has 32 heavy (non-hydrogen) atoms. The van der Waals surface area contributed by atoms with E-state index in [1.807, 2.05) is 0 Å². The molecule has 0 unspecified atom stereocenters. The number of hydrogen-bond acceptors (Lipinski definition) is 5. The third-order valence-corrected chi connectivity index (χ3v) is 7.09. The fraction of sp³-hybridized carbons (Fsp3) is 0.143. The number of fused-ring (bicyclic) bond motifs is 1. The number of nitrogens with one attached hydrogen (secondary N) is 1. The van der Waals surface area contributed by atoms with Gasteiger partial charge in [-0.15, -0.1) is 0 Å². The molecular formula is C21H16BrClN4O4S. The number of rotatable bonds is 4. The number of carbonyl (C=O) groups is 3. The van der Waals surface area contributed by atoms with Gasteiger partial charge in [-0.2, -0.15) is 0 Å². The molecule has 1 aliphatic rings. The summed E-state index contributed by atoms with van der Waals surface area (Å²) in [7, 11) is 3.35. The quantitative estimate of drug-likeness (QED) is 0.511. The van der Waals surface area contributed by atoms with Crippen LogP contribution in [0.3, 0.4) is 0 Å². The van der Waals surface area contributed by atoms with Crippen LogP contribution in [-0.4, -0.2) is 37.6 Å². The normalized spacial score (nSPS) is 15.2. The second-order valence-corrected chi connectivity index (χ2v) is 9.35. The largest absolute Gasteiger partial charge is 0.328 e. The first-order chi connectivity index (χ1) is 15.2. The van der Waals surface area contributed by atoms with Crippen molar-refractivity contribution in [1.82, 2.24) is 14.0 Å². The van der Waals surface area contributed by atoms with Crippen LogP contribution in [0.4, 0.5) is 10.5 Å². The molecule has 0 aliphatic carbocycles. The average Bonchev–Trinajstić information content (AvgIpc) is 3.13. The highest BCUT2D eigenvalue weighted by atomic mass is 79.9. The highest BCUT2D eigenvalue weighted by Crippen LogP contribution is 2.32. The molecule has 1 saturated heterocycles. The molecule has 8 nitrogen and oxygen atoms in total. The molecule has 1 aliphatic heterocycles. The Morgan fingerprint density at radius 2 is 1.81 bits per heavy atom. The molecule has 4 rings (SSSR count). The van der Waals surface area contributed by atoms with Gasteiger partial charge in [0.05, 0.1) is 21.0 Å². The summed E-state index contributed by atoms with van der Waals surface area (Å²) in [6.45, 7) is -0.408. The number of nitrogens with zero attached hydrogens (tertiary/aromatic N) is 3. The third-order valence-electron chi connectivity index (χ3n) is 4.97. The second kappa shape index (κ2) is 8.61. The minimum Gasteiger partial charge on any atom is -0.324 e. The van der Waals surface area contributed by atoms with E-state index in [2.05, 4.69) is 21.2 Å². The monoisotopic (exact) mass is 534 g/mol. The van der Waals surface area contributed by atoms with Crippen LogP contribution >= 0.6 is 39.3 Å². The van der Waals surface area contributed by atoms with Gasteiger partial charge >= 0.3 is 5.69 Å². The second-order valence-electron chi connectivity index (χ2n) is 7.09. The summed E-state index contributed by atoms with van der Waals surface area (Å²) >= 11 is 9.98. The molecule has 1 N–H and O–H groups in total. The zero-order valence-corrected chi connectivity index (χ0v) is 20.0. The number of amides is 3. The van der Waals surface area contributed by atoms with Crippen LogP contribution in [0.25, 0.3) is 17.1 Å². The van der Waals surface area contributed by atoms with Gasteiger partial charge in [-0.3, -0.25) is 28.4 Å². The summed E-state index contributed by atoms with van der Waals surface area (Å²) in [6.07, 6.45) is 1.58. The SMILES string of the molecule is Cn1c(=O)n(C)c2cc(/C=C3/SC(=O)N(CC(=O)Nc4ccc(Cl)c(Br)c4)C3=O)ccc21. The number of anilines is 1. The zero-order valence-electron chi connectivity index (χ0n) is 16.9. The van der Waals surface area contributed by atoms with Crippen molar-refractivity contribution >= 4 is 79.1 Å². The number of halogens is 2. The van der Waals surface area contributed by atoms with Crippen LogP contribution < -0.4 is 11.0 Å². The van der Waals surface area contributed by atoms with Gasteiger partial charge in [0.25, 0.3) is 11.1 Å². The highest BCUT2D eigenvalue weighted by molar-refractivity contribution is 9.10. The van der Waals surface area contributed by atoms with Gasteiger partial charge in [0.15, 0.2) is 0 Å². The maximum atomic E-state index is 12.7. The minimum atomic E-state index is -0.547. The zero-order chi connectivity index (χ0) is 23.2. The molecule has 0 bridgehead atoms. The van der Waals surface area contributed by atoms with E-state index in [1.165, 1.54) is 9.13 Å². The summed E-state index contributed by atoms with van der Waals surface area (Å²) in [4.78, 5) is 50.7. The number of hydrogen-bond donors (Lipinski definition) is 1. The molecule has 164 valence electrons.